The third-order valence-electron chi connectivity index (χ3n) is 6.02. The number of nitriles is 1. The van der Waals surface area contributed by atoms with E-state index in [9.17, 15) is 10.1 Å². The van der Waals surface area contributed by atoms with Gasteiger partial charge in [-0.1, -0.05) is 30.1 Å². The van der Waals surface area contributed by atoms with Crippen LogP contribution in [0.1, 0.15) is 63.6 Å². The minimum absolute atomic E-state index is 0.0311. The number of benzene rings is 2. The zero-order chi connectivity index (χ0) is 23.8. The zero-order valence-electron chi connectivity index (χ0n) is 19.4. The molecule has 0 bridgehead atoms. The van der Waals surface area contributed by atoms with Gasteiger partial charge in [-0.3, -0.25) is 4.79 Å². The molecule has 1 unspecified atom stereocenters. The lowest BCUT2D eigenvalue weighted by atomic mass is 9.78. The van der Waals surface area contributed by atoms with Crippen LogP contribution < -0.4 is 10.2 Å². The molecule has 0 radical (unpaired) electrons. The molecule has 3 rings (SSSR count). The van der Waals surface area contributed by atoms with Gasteiger partial charge >= 0.3 is 0 Å². The van der Waals surface area contributed by atoms with E-state index in [0.717, 1.165) is 17.5 Å². The van der Waals surface area contributed by atoms with Gasteiger partial charge < -0.3 is 10.2 Å². The molecule has 168 valence electrons. The van der Waals surface area contributed by atoms with Crippen molar-refractivity contribution < 1.29 is 4.79 Å². The van der Waals surface area contributed by atoms with Crippen molar-refractivity contribution in [1.82, 2.24) is 0 Å². The molecule has 0 aliphatic carbocycles. The first kappa shape index (κ1) is 24.2. The molecule has 1 atom stereocenters. The molecule has 32 heavy (non-hydrogen) atoms. The molecule has 1 heterocycles. The maximum absolute atomic E-state index is 12.7. The van der Waals surface area contributed by atoms with Gasteiger partial charge in [0, 0.05) is 23.0 Å². The number of anilines is 2. The lowest BCUT2D eigenvalue weighted by molar-refractivity contribution is -0.112. The van der Waals surface area contributed by atoms with E-state index in [1.54, 1.807) is 24.3 Å². The van der Waals surface area contributed by atoms with Crippen LogP contribution in [0.5, 0.6) is 0 Å². The van der Waals surface area contributed by atoms with Gasteiger partial charge in [0.25, 0.3) is 5.91 Å². The van der Waals surface area contributed by atoms with E-state index in [0.29, 0.717) is 27.7 Å². The Hall–Kier alpha value is -2.48. The van der Waals surface area contributed by atoms with Crippen molar-refractivity contribution >= 4 is 46.6 Å². The molecule has 4 nitrogen and oxygen atoms in total. The van der Waals surface area contributed by atoms with E-state index in [2.05, 4.69) is 57.0 Å². The topological polar surface area (TPSA) is 56.1 Å². The minimum Gasteiger partial charge on any atom is -0.364 e. The van der Waals surface area contributed by atoms with Crippen LogP contribution in [0.2, 0.25) is 10.0 Å². The number of fused-ring (bicyclic) bond motifs is 1. The van der Waals surface area contributed by atoms with Crippen LogP contribution in [0.15, 0.2) is 35.9 Å². The largest absolute Gasteiger partial charge is 0.364 e. The number of carbonyl (C=O) groups excluding carboxylic acids is 1. The Labute approximate surface area is 200 Å². The van der Waals surface area contributed by atoms with Gasteiger partial charge in [0.1, 0.15) is 11.6 Å². The number of carbonyl (C=O) groups is 1. The molecule has 0 aromatic heterocycles. The lowest BCUT2D eigenvalue weighted by Gasteiger charge is -2.50. The second kappa shape index (κ2) is 9.17. The highest BCUT2D eigenvalue weighted by molar-refractivity contribution is 6.42. The van der Waals surface area contributed by atoms with Crippen LogP contribution in [0, 0.1) is 18.3 Å². The van der Waals surface area contributed by atoms with Gasteiger partial charge in [-0.2, -0.15) is 5.26 Å². The second-order valence-electron chi connectivity index (χ2n) is 9.40. The van der Waals surface area contributed by atoms with Crippen LogP contribution in [-0.4, -0.2) is 17.5 Å². The van der Waals surface area contributed by atoms with E-state index in [1.165, 1.54) is 11.3 Å². The molecule has 0 fully saturated rings. The molecule has 2 aromatic carbocycles. The average Bonchev–Trinajstić information content (AvgIpc) is 2.68. The van der Waals surface area contributed by atoms with Crippen molar-refractivity contribution in [1.29, 1.82) is 5.26 Å². The number of aryl methyl sites for hydroxylation is 1. The number of amides is 1. The van der Waals surface area contributed by atoms with E-state index in [-0.39, 0.29) is 11.1 Å². The first-order valence-corrected chi connectivity index (χ1v) is 11.5. The van der Waals surface area contributed by atoms with Crippen LogP contribution >= 0.6 is 23.2 Å². The Morgan fingerprint density at radius 3 is 2.53 bits per heavy atom. The van der Waals surface area contributed by atoms with Crippen molar-refractivity contribution in [3.8, 4) is 6.07 Å². The summed E-state index contributed by atoms with van der Waals surface area (Å²) in [6.07, 6.45) is 2.70. The highest BCUT2D eigenvalue weighted by Gasteiger charge is 2.37. The second-order valence-corrected chi connectivity index (χ2v) is 10.2. The molecule has 1 aliphatic rings. The molecule has 1 N–H and O–H groups in total. The monoisotopic (exact) mass is 469 g/mol. The fourth-order valence-electron chi connectivity index (χ4n) is 4.82. The smallest absolute Gasteiger partial charge is 0.266 e. The van der Waals surface area contributed by atoms with Gasteiger partial charge in [0.2, 0.25) is 0 Å². The van der Waals surface area contributed by atoms with Crippen molar-refractivity contribution in [2.75, 3.05) is 10.2 Å². The van der Waals surface area contributed by atoms with E-state index in [4.69, 9.17) is 23.2 Å². The SMILES string of the molecule is Cc1cc2c(cc1/C=C(/C#N)C(=O)Nc1ccc(Cl)c(Cl)c1)C(C)CC(C)(C)N2C(C)C. The molecular formula is C26H29Cl2N3O. The van der Waals surface area contributed by atoms with Crippen molar-refractivity contribution in [2.24, 2.45) is 0 Å². The number of hydrogen-bond donors (Lipinski definition) is 1. The van der Waals surface area contributed by atoms with Crippen LogP contribution in [-0.2, 0) is 4.79 Å². The van der Waals surface area contributed by atoms with Gasteiger partial charge in [0.05, 0.1) is 10.0 Å². The normalized spacial score (nSPS) is 17.7. The number of nitrogens with one attached hydrogen (secondary N) is 1. The Bertz CT molecular complexity index is 1130. The summed E-state index contributed by atoms with van der Waals surface area (Å²) in [5.41, 5.74) is 4.95. The third-order valence-corrected chi connectivity index (χ3v) is 6.76. The Kier molecular flexibility index (Phi) is 6.93. The highest BCUT2D eigenvalue weighted by atomic mass is 35.5. The maximum atomic E-state index is 12.7. The van der Waals surface area contributed by atoms with Crippen LogP contribution in [0.3, 0.4) is 0 Å². The Balaban J connectivity index is 1.98. The number of rotatable bonds is 4. The predicted octanol–water partition coefficient (Wildman–Crippen LogP) is 7.35. The van der Waals surface area contributed by atoms with Crippen molar-refractivity contribution in [3.05, 3.63) is 62.6 Å². The molecule has 6 heteroatoms. The molecule has 0 saturated heterocycles. The van der Waals surface area contributed by atoms with Gasteiger partial charge in [-0.05, 0) is 100 Å². The highest BCUT2D eigenvalue weighted by Crippen LogP contribution is 2.45. The summed E-state index contributed by atoms with van der Waals surface area (Å²) < 4.78 is 0. The first-order valence-electron chi connectivity index (χ1n) is 10.8. The summed E-state index contributed by atoms with van der Waals surface area (Å²) in [4.78, 5) is 15.2. The van der Waals surface area contributed by atoms with Gasteiger partial charge in [0.15, 0.2) is 0 Å². The van der Waals surface area contributed by atoms with E-state index < -0.39 is 5.91 Å². The van der Waals surface area contributed by atoms with Crippen molar-refractivity contribution in [3.63, 3.8) is 0 Å². The lowest BCUT2D eigenvalue weighted by Crippen LogP contribution is -2.51. The summed E-state index contributed by atoms with van der Waals surface area (Å²) in [7, 11) is 0. The van der Waals surface area contributed by atoms with Gasteiger partial charge in [-0.25, -0.2) is 0 Å². The minimum atomic E-state index is -0.485. The summed E-state index contributed by atoms with van der Waals surface area (Å²) in [5.74, 6) is -0.112. The third kappa shape index (κ3) is 4.80. The summed E-state index contributed by atoms with van der Waals surface area (Å²) in [6, 6.07) is 11.5. The first-order chi connectivity index (χ1) is 14.9. The predicted molar refractivity (Wildman–Crippen MR) is 135 cm³/mol. The number of hydrogen-bond acceptors (Lipinski definition) is 3. The van der Waals surface area contributed by atoms with Crippen LogP contribution in [0.25, 0.3) is 6.08 Å². The van der Waals surface area contributed by atoms with Crippen LogP contribution in [0.4, 0.5) is 11.4 Å². The zero-order valence-corrected chi connectivity index (χ0v) is 20.9. The Morgan fingerprint density at radius 1 is 1.25 bits per heavy atom. The van der Waals surface area contributed by atoms with E-state index in [1.807, 2.05) is 13.0 Å². The fraction of sp³-hybridized carbons (Fsp3) is 0.385. The molecular weight excluding hydrogens is 441 g/mol. The number of halogens is 2. The number of nitrogens with zero attached hydrogens (tertiary/aromatic N) is 2. The maximum Gasteiger partial charge on any atom is 0.266 e. The fourth-order valence-corrected chi connectivity index (χ4v) is 5.12. The van der Waals surface area contributed by atoms with Gasteiger partial charge in [-0.15, -0.1) is 0 Å². The molecule has 2 aromatic rings. The standard InChI is InChI=1S/C26H29Cl2N3O/c1-15(2)31-24-9-16(3)18(11-21(24)17(4)13-26(31,5)6)10-19(14-29)25(32)30-20-7-8-22(27)23(28)12-20/h7-12,15,17H,13H2,1-6H3,(H,30,32)/b19-10-. The quantitative estimate of drug-likeness (QED) is 0.376. The molecule has 0 saturated carbocycles. The Morgan fingerprint density at radius 2 is 1.94 bits per heavy atom. The summed E-state index contributed by atoms with van der Waals surface area (Å²) in [5, 5.41) is 13.1. The average molecular weight is 470 g/mol. The summed E-state index contributed by atoms with van der Waals surface area (Å²) >= 11 is 12.0. The summed E-state index contributed by atoms with van der Waals surface area (Å²) in [6.45, 7) is 13.3. The van der Waals surface area contributed by atoms with Crippen molar-refractivity contribution in [2.45, 2.75) is 65.5 Å². The molecule has 0 spiro atoms. The molecule has 1 amide bonds. The molecule has 1 aliphatic heterocycles. The van der Waals surface area contributed by atoms with E-state index >= 15 is 0 Å².